The molecule has 13 heteroatoms. The number of nitrogens with zero attached hydrogens (tertiary/aromatic N) is 5. The van der Waals surface area contributed by atoms with Crippen molar-refractivity contribution in [1.29, 1.82) is 0 Å². The summed E-state index contributed by atoms with van der Waals surface area (Å²) >= 11 is 1.43. The van der Waals surface area contributed by atoms with Crippen LogP contribution in [0.1, 0.15) is 76.2 Å². The van der Waals surface area contributed by atoms with Gasteiger partial charge in [0, 0.05) is 42.0 Å². The number of fused-ring (bicyclic) bond motifs is 2. The highest BCUT2D eigenvalue weighted by molar-refractivity contribution is 7.91. The third-order valence-corrected chi connectivity index (χ3v) is 13.0. The van der Waals surface area contributed by atoms with E-state index < -0.39 is 21.2 Å². The maximum absolute atomic E-state index is 13.8. The number of para-hydroxylation sites is 1. The molecule has 8 rings (SSSR count). The van der Waals surface area contributed by atoms with Crippen LogP contribution in [-0.2, 0) is 29.5 Å². The smallest absolute Gasteiger partial charge is 0.284 e. The van der Waals surface area contributed by atoms with Gasteiger partial charge in [-0.05, 0) is 99.2 Å². The Morgan fingerprint density at radius 1 is 1.00 bits per heavy atom. The Kier molecular flexibility index (Phi) is 8.71. The highest BCUT2D eigenvalue weighted by atomic mass is 32.2. The highest BCUT2D eigenvalue weighted by Gasteiger charge is 2.38. The van der Waals surface area contributed by atoms with Crippen molar-refractivity contribution in [3.63, 3.8) is 0 Å². The Hall–Kier alpha value is -4.88. The molecule has 11 nitrogen and oxygen atoms in total. The first kappa shape index (κ1) is 33.3. The lowest BCUT2D eigenvalue weighted by Crippen LogP contribution is -2.35. The number of hydrogen-bond acceptors (Lipinski definition) is 9. The zero-order valence-corrected chi connectivity index (χ0v) is 30.0. The van der Waals surface area contributed by atoms with E-state index in [1.54, 1.807) is 6.20 Å². The van der Waals surface area contributed by atoms with Crippen LogP contribution in [0.25, 0.3) is 21.3 Å². The van der Waals surface area contributed by atoms with Crippen molar-refractivity contribution in [2.75, 3.05) is 16.8 Å². The van der Waals surface area contributed by atoms with Crippen LogP contribution in [0.5, 0.6) is 0 Å². The minimum absolute atomic E-state index is 0.0278. The Balaban J connectivity index is 1.07. The summed E-state index contributed by atoms with van der Waals surface area (Å²) < 4.78 is 31.0. The predicted octanol–water partition coefficient (Wildman–Crippen LogP) is 6.65. The molecule has 0 bridgehead atoms. The van der Waals surface area contributed by atoms with E-state index in [-0.39, 0.29) is 11.6 Å². The number of rotatable bonds is 11. The lowest BCUT2D eigenvalue weighted by molar-refractivity contribution is 0.0975. The fraction of sp³-hybridized carbons (Fsp3) is 0.342. The standard InChI is InChI=1S/C38H39N7O4S2/c1-23-19-25(20-23)7-6-17-45-24(2)30(21-39-45)28-14-15-34(41-35(28)37(47)43-51(48,49)27-12-13-27)44-18-16-26-8-5-9-29(31(26)22-44)36(46)42-38-40-32-10-3-4-11-33(32)50-38/h3-5,8-11,14-15,21,25,27H,1,6-7,12-13,16-20,22H2,2H3,(H,43,47)(H,40,42,46). The second kappa shape index (κ2) is 13.3. The third kappa shape index (κ3) is 6.79. The van der Waals surface area contributed by atoms with Crippen LogP contribution in [0, 0.1) is 12.8 Å². The largest absolute Gasteiger partial charge is 0.352 e. The summed E-state index contributed by atoms with van der Waals surface area (Å²) in [5, 5.41) is 7.59. The number of benzene rings is 2. The molecule has 0 radical (unpaired) electrons. The number of carbonyl (C=O) groups excluding carboxylic acids is 2. The molecule has 51 heavy (non-hydrogen) atoms. The Labute approximate surface area is 300 Å². The Bertz CT molecular complexity index is 2270. The summed E-state index contributed by atoms with van der Waals surface area (Å²) in [6.07, 6.45) is 7.77. The molecule has 3 aromatic heterocycles. The molecular formula is C38H39N7O4S2. The van der Waals surface area contributed by atoms with Gasteiger partial charge in [0.05, 0.1) is 21.7 Å². The molecule has 4 heterocycles. The van der Waals surface area contributed by atoms with Gasteiger partial charge in [0.25, 0.3) is 11.8 Å². The van der Waals surface area contributed by atoms with E-state index in [2.05, 4.69) is 26.7 Å². The second-order valence-corrected chi connectivity index (χ2v) is 16.8. The monoisotopic (exact) mass is 721 g/mol. The van der Waals surface area contributed by atoms with Gasteiger partial charge in [0.15, 0.2) is 5.13 Å². The fourth-order valence-corrected chi connectivity index (χ4v) is 9.30. The van der Waals surface area contributed by atoms with E-state index >= 15 is 0 Å². The van der Waals surface area contributed by atoms with Crippen LogP contribution < -0.4 is 14.9 Å². The molecule has 0 spiro atoms. The third-order valence-electron chi connectivity index (χ3n) is 10.2. The van der Waals surface area contributed by atoms with E-state index in [1.807, 2.05) is 71.1 Å². The number of pyridine rings is 1. The van der Waals surface area contributed by atoms with Crippen LogP contribution in [-0.4, -0.2) is 51.8 Å². The van der Waals surface area contributed by atoms with Crippen LogP contribution in [0.15, 0.2) is 72.9 Å². The van der Waals surface area contributed by atoms with Gasteiger partial charge in [0.2, 0.25) is 10.0 Å². The number of amides is 2. The first-order valence-corrected chi connectivity index (χ1v) is 19.8. The van der Waals surface area contributed by atoms with E-state index in [0.717, 1.165) is 64.8 Å². The molecule has 5 aromatic rings. The number of carbonyl (C=O) groups is 2. The van der Waals surface area contributed by atoms with Crippen molar-refractivity contribution in [2.24, 2.45) is 5.92 Å². The Morgan fingerprint density at radius 2 is 1.82 bits per heavy atom. The molecule has 0 saturated heterocycles. The van der Waals surface area contributed by atoms with Gasteiger partial charge in [-0.25, -0.2) is 23.1 Å². The zero-order chi connectivity index (χ0) is 35.3. The van der Waals surface area contributed by atoms with Gasteiger partial charge < -0.3 is 4.90 Å². The van der Waals surface area contributed by atoms with Crippen molar-refractivity contribution in [3.8, 4) is 11.1 Å². The maximum Gasteiger partial charge on any atom is 0.284 e. The summed E-state index contributed by atoms with van der Waals surface area (Å²) in [4.78, 5) is 38.8. The molecule has 2 N–H and O–H groups in total. The van der Waals surface area contributed by atoms with Gasteiger partial charge in [-0.3, -0.25) is 19.6 Å². The van der Waals surface area contributed by atoms with Gasteiger partial charge in [0.1, 0.15) is 11.5 Å². The number of nitrogens with one attached hydrogen (secondary N) is 2. The summed E-state index contributed by atoms with van der Waals surface area (Å²) in [5.74, 6) is 0.211. The average Bonchev–Trinajstić information content (AvgIpc) is 3.81. The lowest BCUT2D eigenvalue weighted by atomic mass is 9.78. The normalized spacial score (nSPS) is 16.2. The topological polar surface area (TPSA) is 139 Å². The van der Waals surface area contributed by atoms with Gasteiger partial charge in [-0.1, -0.05) is 47.8 Å². The number of thiazole rings is 1. The van der Waals surface area contributed by atoms with E-state index in [0.29, 0.717) is 60.3 Å². The Morgan fingerprint density at radius 3 is 2.61 bits per heavy atom. The summed E-state index contributed by atoms with van der Waals surface area (Å²) in [6, 6.07) is 17.2. The van der Waals surface area contributed by atoms with E-state index in [9.17, 15) is 18.0 Å². The number of anilines is 2. The minimum atomic E-state index is -3.82. The quantitative estimate of drug-likeness (QED) is 0.145. The van der Waals surface area contributed by atoms with Crippen LogP contribution in [0.4, 0.5) is 10.9 Å². The van der Waals surface area contributed by atoms with Gasteiger partial charge >= 0.3 is 0 Å². The molecule has 0 atom stereocenters. The number of sulfonamides is 1. The van der Waals surface area contributed by atoms with Crippen LogP contribution >= 0.6 is 11.3 Å². The van der Waals surface area contributed by atoms with E-state index in [4.69, 9.17) is 4.98 Å². The van der Waals surface area contributed by atoms with Crippen LogP contribution in [0.3, 0.4) is 0 Å². The molecule has 2 saturated carbocycles. The van der Waals surface area contributed by atoms with Gasteiger partial charge in [-0.2, -0.15) is 5.10 Å². The molecule has 3 aliphatic rings. The molecule has 2 fully saturated rings. The molecule has 1 aliphatic heterocycles. The first-order valence-electron chi connectivity index (χ1n) is 17.4. The zero-order valence-electron chi connectivity index (χ0n) is 28.4. The molecule has 2 aliphatic carbocycles. The molecular weight excluding hydrogens is 683 g/mol. The number of aromatic nitrogens is 4. The SMILES string of the molecule is C=C1CC(CCCn2ncc(-c3ccc(N4CCc5cccc(C(=O)Nc6nc7ccccc7s6)c5C4)nc3C(=O)NS(=O)(=O)C3CC3)c2C)C1. The van der Waals surface area contributed by atoms with Crippen molar-refractivity contribution in [1.82, 2.24) is 24.5 Å². The van der Waals surface area contributed by atoms with Crippen LogP contribution in [0.2, 0.25) is 0 Å². The van der Waals surface area contributed by atoms with Crippen molar-refractivity contribution in [2.45, 2.75) is 70.2 Å². The number of hydrogen-bond donors (Lipinski definition) is 2. The highest BCUT2D eigenvalue weighted by Crippen LogP contribution is 2.36. The first-order chi connectivity index (χ1) is 24.6. The van der Waals surface area contributed by atoms with Crippen molar-refractivity contribution >= 4 is 54.3 Å². The average molecular weight is 722 g/mol. The number of allylic oxidation sites excluding steroid dienone is 1. The van der Waals surface area contributed by atoms with Gasteiger partial charge in [-0.15, -0.1) is 0 Å². The minimum Gasteiger partial charge on any atom is -0.352 e. The van der Waals surface area contributed by atoms with Crippen molar-refractivity contribution in [3.05, 3.63) is 101 Å². The summed E-state index contributed by atoms with van der Waals surface area (Å²) in [5.41, 5.74) is 6.81. The summed E-state index contributed by atoms with van der Waals surface area (Å²) in [7, 11) is -3.82. The van der Waals surface area contributed by atoms with E-state index in [1.165, 1.54) is 16.9 Å². The predicted molar refractivity (Wildman–Crippen MR) is 199 cm³/mol. The molecule has 0 unspecified atom stereocenters. The number of aryl methyl sites for hydroxylation is 1. The lowest BCUT2D eigenvalue weighted by Gasteiger charge is -2.31. The fourth-order valence-electron chi connectivity index (χ4n) is 7.16. The molecule has 262 valence electrons. The second-order valence-electron chi connectivity index (χ2n) is 13.8. The summed E-state index contributed by atoms with van der Waals surface area (Å²) in [6.45, 7) is 7.76. The molecule has 2 amide bonds. The van der Waals surface area contributed by atoms with Crippen molar-refractivity contribution < 1.29 is 18.0 Å². The maximum atomic E-state index is 13.8. The molecule has 2 aromatic carbocycles.